The number of ether oxygens (including phenoxy) is 1. The molecule has 0 saturated carbocycles. The van der Waals surface area contributed by atoms with Crippen LogP contribution < -0.4 is 10.1 Å². The summed E-state index contributed by atoms with van der Waals surface area (Å²) in [7, 11) is 0. The summed E-state index contributed by atoms with van der Waals surface area (Å²) in [5.74, 6) is -1.23. The monoisotopic (exact) mass is 362 g/mol. The largest absolute Gasteiger partial charge is 0.480 e. The van der Waals surface area contributed by atoms with Crippen LogP contribution in [0.5, 0.6) is 5.75 Å². The summed E-state index contributed by atoms with van der Waals surface area (Å²) in [4.78, 5) is 27.0. The van der Waals surface area contributed by atoms with E-state index in [1.54, 1.807) is 18.3 Å². The second kappa shape index (κ2) is 7.53. The predicted molar refractivity (Wildman–Crippen MR) is 95.5 cm³/mol. The standard InChI is InChI=1S/C18H19ClN2O4/c1-18(2,3)11-4-6-14(20-9-11)17(24)21-12-5-7-15(13(19)8-12)25-10-16(22)23/h4-9H,10H2,1-3H3,(H,21,24)(H,22,23). The Balaban J connectivity index is 2.07. The molecule has 25 heavy (non-hydrogen) atoms. The van der Waals surface area contributed by atoms with Crippen molar-refractivity contribution in [2.45, 2.75) is 26.2 Å². The number of halogens is 1. The summed E-state index contributed by atoms with van der Waals surface area (Å²) in [6, 6.07) is 8.10. The molecule has 6 nitrogen and oxygen atoms in total. The molecule has 0 saturated heterocycles. The van der Waals surface area contributed by atoms with Crippen molar-refractivity contribution >= 4 is 29.2 Å². The third-order valence-electron chi connectivity index (χ3n) is 3.40. The Bertz CT molecular complexity index is 783. The van der Waals surface area contributed by atoms with Gasteiger partial charge in [-0.2, -0.15) is 0 Å². The molecule has 1 aromatic heterocycles. The van der Waals surface area contributed by atoms with E-state index in [-0.39, 0.29) is 27.8 Å². The molecular weight excluding hydrogens is 344 g/mol. The fourth-order valence-corrected chi connectivity index (χ4v) is 2.24. The number of carbonyl (C=O) groups excluding carboxylic acids is 1. The van der Waals surface area contributed by atoms with E-state index in [2.05, 4.69) is 31.1 Å². The highest BCUT2D eigenvalue weighted by Gasteiger charge is 2.15. The van der Waals surface area contributed by atoms with Gasteiger partial charge in [0.25, 0.3) is 5.91 Å². The van der Waals surface area contributed by atoms with Gasteiger partial charge >= 0.3 is 5.97 Å². The fourth-order valence-electron chi connectivity index (χ4n) is 2.00. The number of carbonyl (C=O) groups is 2. The number of hydrogen-bond acceptors (Lipinski definition) is 4. The number of rotatable bonds is 5. The molecule has 0 fully saturated rings. The summed E-state index contributed by atoms with van der Waals surface area (Å²) in [5.41, 5.74) is 1.74. The van der Waals surface area contributed by atoms with Crippen LogP contribution >= 0.6 is 11.6 Å². The second-order valence-corrected chi connectivity index (χ2v) is 6.87. The van der Waals surface area contributed by atoms with Crippen LogP contribution in [-0.4, -0.2) is 28.6 Å². The zero-order chi connectivity index (χ0) is 18.6. The lowest BCUT2D eigenvalue weighted by Gasteiger charge is -2.18. The number of aromatic nitrogens is 1. The third kappa shape index (κ3) is 5.19. The molecule has 2 rings (SSSR count). The Labute approximate surface area is 150 Å². The van der Waals surface area contributed by atoms with Crippen molar-refractivity contribution in [3.8, 4) is 5.75 Å². The van der Waals surface area contributed by atoms with Crippen LogP contribution in [0.3, 0.4) is 0 Å². The first-order valence-electron chi connectivity index (χ1n) is 7.59. The molecule has 2 N–H and O–H groups in total. The zero-order valence-corrected chi connectivity index (χ0v) is 14.9. The Kier molecular flexibility index (Phi) is 5.64. The Morgan fingerprint density at radius 2 is 1.96 bits per heavy atom. The quantitative estimate of drug-likeness (QED) is 0.845. The lowest BCUT2D eigenvalue weighted by molar-refractivity contribution is -0.139. The molecule has 0 aliphatic rings. The van der Waals surface area contributed by atoms with E-state index in [1.165, 1.54) is 12.1 Å². The van der Waals surface area contributed by atoms with Gasteiger partial charge in [-0.3, -0.25) is 9.78 Å². The highest BCUT2D eigenvalue weighted by Crippen LogP contribution is 2.28. The maximum Gasteiger partial charge on any atom is 0.341 e. The van der Waals surface area contributed by atoms with Crippen LogP contribution in [0.25, 0.3) is 0 Å². The van der Waals surface area contributed by atoms with Crippen LogP contribution in [0, 0.1) is 0 Å². The van der Waals surface area contributed by atoms with Crippen molar-refractivity contribution in [3.05, 3.63) is 52.8 Å². The van der Waals surface area contributed by atoms with Crippen LogP contribution in [0.1, 0.15) is 36.8 Å². The maximum absolute atomic E-state index is 12.3. The van der Waals surface area contributed by atoms with Gasteiger partial charge in [-0.25, -0.2) is 4.79 Å². The SMILES string of the molecule is CC(C)(C)c1ccc(C(=O)Nc2ccc(OCC(=O)O)c(Cl)c2)nc1. The third-order valence-corrected chi connectivity index (χ3v) is 3.70. The number of anilines is 1. The Morgan fingerprint density at radius 1 is 1.24 bits per heavy atom. The van der Waals surface area contributed by atoms with Crippen molar-refractivity contribution in [1.29, 1.82) is 0 Å². The van der Waals surface area contributed by atoms with E-state index >= 15 is 0 Å². The first-order valence-corrected chi connectivity index (χ1v) is 7.96. The van der Waals surface area contributed by atoms with Gasteiger partial charge in [-0.1, -0.05) is 38.4 Å². The molecule has 2 aromatic rings. The molecule has 0 spiro atoms. The number of benzene rings is 1. The fraction of sp³-hybridized carbons (Fsp3) is 0.278. The number of nitrogens with one attached hydrogen (secondary N) is 1. The van der Waals surface area contributed by atoms with Crippen LogP contribution in [-0.2, 0) is 10.2 Å². The molecular formula is C18H19ClN2O4. The minimum Gasteiger partial charge on any atom is -0.480 e. The lowest BCUT2D eigenvalue weighted by Crippen LogP contribution is -2.16. The normalized spacial score (nSPS) is 11.0. The average molecular weight is 363 g/mol. The molecule has 0 aliphatic carbocycles. The van der Waals surface area contributed by atoms with Crippen LogP contribution in [0.15, 0.2) is 36.5 Å². The average Bonchev–Trinajstić information content (AvgIpc) is 2.53. The number of nitrogens with zero attached hydrogens (tertiary/aromatic N) is 1. The van der Waals surface area contributed by atoms with Gasteiger partial charge in [0.15, 0.2) is 6.61 Å². The first kappa shape index (κ1) is 18.7. The summed E-state index contributed by atoms with van der Waals surface area (Å²) < 4.78 is 5.03. The van der Waals surface area contributed by atoms with Gasteiger partial charge in [-0.05, 0) is 35.2 Å². The van der Waals surface area contributed by atoms with Crippen LogP contribution in [0.4, 0.5) is 5.69 Å². The van der Waals surface area contributed by atoms with E-state index in [1.807, 2.05) is 6.07 Å². The summed E-state index contributed by atoms with van der Waals surface area (Å²) in [5, 5.41) is 11.5. The molecule has 0 aliphatic heterocycles. The van der Waals surface area contributed by atoms with Gasteiger partial charge in [0, 0.05) is 11.9 Å². The maximum atomic E-state index is 12.3. The molecule has 0 unspecified atom stereocenters. The highest BCUT2D eigenvalue weighted by molar-refractivity contribution is 6.32. The van der Waals surface area contributed by atoms with Crippen molar-refractivity contribution < 1.29 is 19.4 Å². The van der Waals surface area contributed by atoms with Crippen molar-refractivity contribution in [2.24, 2.45) is 0 Å². The van der Waals surface area contributed by atoms with E-state index in [0.717, 1.165) is 5.56 Å². The molecule has 1 amide bonds. The van der Waals surface area contributed by atoms with Crippen LogP contribution in [0.2, 0.25) is 5.02 Å². The van der Waals surface area contributed by atoms with Crippen molar-refractivity contribution in [3.63, 3.8) is 0 Å². The minimum atomic E-state index is -1.10. The summed E-state index contributed by atoms with van der Waals surface area (Å²) in [6.45, 7) is 5.72. The zero-order valence-electron chi connectivity index (χ0n) is 14.2. The van der Waals surface area contributed by atoms with E-state index in [9.17, 15) is 9.59 Å². The molecule has 0 radical (unpaired) electrons. The minimum absolute atomic E-state index is 0.0404. The van der Waals surface area contributed by atoms with E-state index < -0.39 is 12.6 Å². The summed E-state index contributed by atoms with van der Waals surface area (Å²) in [6.07, 6.45) is 1.69. The summed E-state index contributed by atoms with van der Waals surface area (Å²) >= 11 is 6.03. The molecule has 1 aromatic carbocycles. The molecule has 7 heteroatoms. The first-order chi connectivity index (χ1) is 11.7. The van der Waals surface area contributed by atoms with E-state index in [0.29, 0.717) is 5.69 Å². The molecule has 0 bridgehead atoms. The van der Waals surface area contributed by atoms with Gasteiger partial charge in [0.05, 0.1) is 5.02 Å². The Hall–Kier alpha value is -2.60. The second-order valence-electron chi connectivity index (χ2n) is 6.46. The smallest absolute Gasteiger partial charge is 0.341 e. The van der Waals surface area contributed by atoms with Gasteiger partial charge in [0.1, 0.15) is 11.4 Å². The number of aliphatic carboxylic acids is 1. The number of carboxylic acids is 1. The highest BCUT2D eigenvalue weighted by atomic mass is 35.5. The van der Waals surface area contributed by atoms with Crippen molar-refractivity contribution in [2.75, 3.05) is 11.9 Å². The number of hydrogen-bond donors (Lipinski definition) is 2. The topological polar surface area (TPSA) is 88.5 Å². The Morgan fingerprint density at radius 3 is 2.48 bits per heavy atom. The van der Waals surface area contributed by atoms with Gasteiger partial charge in [-0.15, -0.1) is 0 Å². The predicted octanol–water partition coefficient (Wildman–Crippen LogP) is 3.75. The number of carboxylic acid groups (broad SMARTS) is 1. The molecule has 1 heterocycles. The lowest BCUT2D eigenvalue weighted by atomic mass is 9.88. The number of pyridine rings is 1. The van der Waals surface area contributed by atoms with E-state index in [4.69, 9.17) is 21.4 Å². The molecule has 132 valence electrons. The number of amides is 1. The van der Waals surface area contributed by atoms with Gasteiger partial charge in [0.2, 0.25) is 0 Å². The molecule has 0 atom stereocenters. The van der Waals surface area contributed by atoms with Crippen molar-refractivity contribution in [1.82, 2.24) is 4.98 Å². The van der Waals surface area contributed by atoms with Gasteiger partial charge < -0.3 is 15.2 Å².